The number of nitrogens with zero attached hydrogens (tertiary/aromatic N) is 2. The standard InChI is InChI=1S/C12H23N3/c1-5-7-13-9-12-14-10(3)11(4)15(12)8-6-2/h13H,5-9H2,1-4H3. The van der Waals surface area contributed by atoms with Gasteiger partial charge in [-0.1, -0.05) is 13.8 Å². The largest absolute Gasteiger partial charge is 0.331 e. The summed E-state index contributed by atoms with van der Waals surface area (Å²) in [6, 6.07) is 0. The quantitative estimate of drug-likeness (QED) is 0.729. The molecule has 0 unspecified atom stereocenters. The lowest BCUT2D eigenvalue weighted by atomic mass is 10.3. The molecule has 1 aromatic rings. The topological polar surface area (TPSA) is 29.9 Å². The molecule has 0 aliphatic carbocycles. The lowest BCUT2D eigenvalue weighted by Crippen LogP contribution is -2.18. The van der Waals surface area contributed by atoms with E-state index in [1.807, 2.05) is 0 Å². The lowest BCUT2D eigenvalue weighted by Gasteiger charge is -2.09. The van der Waals surface area contributed by atoms with Gasteiger partial charge in [-0.25, -0.2) is 4.98 Å². The van der Waals surface area contributed by atoms with Gasteiger partial charge < -0.3 is 9.88 Å². The molecule has 0 spiro atoms. The zero-order chi connectivity index (χ0) is 11.3. The molecule has 0 fully saturated rings. The van der Waals surface area contributed by atoms with Crippen LogP contribution < -0.4 is 5.32 Å². The second-order valence-electron chi connectivity index (χ2n) is 4.03. The third-order valence-electron chi connectivity index (χ3n) is 2.69. The van der Waals surface area contributed by atoms with Gasteiger partial charge in [0.1, 0.15) is 5.82 Å². The van der Waals surface area contributed by atoms with Gasteiger partial charge in [-0.05, 0) is 33.2 Å². The first kappa shape index (κ1) is 12.2. The molecule has 0 aromatic carbocycles. The van der Waals surface area contributed by atoms with Crippen LogP contribution in [0.2, 0.25) is 0 Å². The Hall–Kier alpha value is -0.830. The van der Waals surface area contributed by atoms with Crippen LogP contribution in [-0.2, 0) is 13.1 Å². The summed E-state index contributed by atoms with van der Waals surface area (Å²) in [5.41, 5.74) is 2.47. The first-order valence-corrected chi connectivity index (χ1v) is 5.94. The highest BCUT2D eigenvalue weighted by atomic mass is 15.1. The Morgan fingerprint density at radius 3 is 2.53 bits per heavy atom. The number of aromatic nitrogens is 2. The Morgan fingerprint density at radius 1 is 1.20 bits per heavy atom. The zero-order valence-electron chi connectivity index (χ0n) is 10.4. The molecule has 3 nitrogen and oxygen atoms in total. The number of aryl methyl sites for hydroxylation is 1. The van der Waals surface area contributed by atoms with Crippen LogP contribution in [0.1, 0.15) is 43.9 Å². The fraction of sp³-hybridized carbons (Fsp3) is 0.750. The molecule has 3 heteroatoms. The van der Waals surface area contributed by atoms with E-state index in [4.69, 9.17) is 0 Å². The van der Waals surface area contributed by atoms with Gasteiger partial charge in [0.25, 0.3) is 0 Å². The molecular weight excluding hydrogens is 186 g/mol. The minimum Gasteiger partial charge on any atom is -0.331 e. The molecule has 0 radical (unpaired) electrons. The van der Waals surface area contributed by atoms with E-state index in [0.717, 1.165) is 31.7 Å². The molecule has 0 aliphatic heterocycles. The van der Waals surface area contributed by atoms with Gasteiger partial charge in [-0.15, -0.1) is 0 Å². The third-order valence-corrected chi connectivity index (χ3v) is 2.69. The molecule has 1 rings (SSSR count). The summed E-state index contributed by atoms with van der Waals surface area (Å²) >= 11 is 0. The van der Waals surface area contributed by atoms with E-state index in [0.29, 0.717) is 0 Å². The summed E-state index contributed by atoms with van der Waals surface area (Å²) in [6.07, 6.45) is 2.34. The highest BCUT2D eigenvalue weighted by Gasteiger charge is 2.09. The van der Waals surface area contributed by atoms with Crippen LogP contribution in [0.5, 0.6) is 0 Å². The molecule has 0 bridgehead atoms. The first-order chi connectivity index (χ1) is 7.20. The van der Waals surface area contributed by atoms with E-state index in [9.17, 15) is 0 Å². The molecule has 15 heavy (non-hydrogen) atoms. The summed E-state index contributed by atoms with van der Waals surface area (Å²) in [4.78, 5) is 4.60. The number of hydrogen-bond donors (Lipinski definition) is 1. The van der Waals surface area contributed by atoms with Gasteiger partial charge >= 0.3 is 0 Å². The van der Waals surface area contributed by atoms with Crippen molar-refractivity contribution in [1.29, 1.82) is 0 Å². The maximum Gasteiger partial charge on any atom is 0.123 e. The Balaban J connectivity index is 2.72. The van der Waals surface area contributed by atoms with Gasteiger partial charge in [-0.3, -0.25) is 0 Å². The fourth-order valence-electron chi connectivity index (χ4n) is 1.76. The van der Waals surface area contributed by atoms with E-state index in [1.165, 1.54) is 17.9 Å². The number of imidazole rings is 1. The van der Waals surface area contributed by atoms with E-state index < -0.39 is 0 Å². The van der Waals surface area contributed by atoms with Crippen LogP contribution in [0.4, 0.5) is 0 Å². The maximum absolute atomic E-state index is 4.60. The molecule has 0 saturated heterocycles. The van der Waals surface area contributed by atoms with Gasteiger partial charge in [0, 0.05) is 12.2 Å². The van der Waals surface area contributed by atoms with Gasteiger partial charge in [-0.2, -0.15) is 0 Å². The van der Waals surface area contributed by atoms with Crippen LogP contribution in [0.25, 0.3) is 0 Å². The second-order valence-corrected chi connectivity index (χ2v) is 4.03. The molecule has 0 amide bonds. The van der Waals surface area contributed by atoms with E-state index in [-0.39, 0.29) is 0 Å². The van der Waals surface area contributed by atoms with Crippen LogP contribution in [0.3, 0.4) is 0 Å². The Kier molecular flexibility index (Phi) is 4.82. The van der Waals surface area contributed by atoms with Crippen molar-refractivity contribution >= 4 is 0 Å². The minimum absolute atomic E-state index is 0.891. The average Bonchev–Trinajstić information content (AvgIpc) is 2.47. The predicted molar refractivity (Wildman–Crippen MR) is 64.0 cm³/mol. The molecule has 0 atom stereocenters. The smallest absolute Gasteiger partial charge is 0.123 e. The van der Waals surface area contributed by atoms with Crippen molar-refractivity contribution < 1.29 is 0 Å². The molecule has 0 saturated carbocycles. The van der Waals surface area contributed by atoms with Crippen LogP contribution in [0.15, 0.2) is 0 Å². The van der Waals surface area contributed by atoms with E-state index >= 15 is 0 Å². The summed E-state index contributed by atoms with van der Waals surface area (Å²) in [5.74, 6) is 1.18. The average molecular weight is 209 g/mol. The number of rotatable bonds is 6. The summed E-state index contributed by atoms with van der Waals surface area (Å²) in [7, 11) is 0. The van der Waals surface area contributed by atoms with Crippen molar-refractivity contribution in [3.05, 3.63) is 17.2 Å². The van der Waals surface area contributed by atoms with Crippen molar-refractivity contribution in [3.8, 4) is 0 Å². The first-order valence-electron chi connectivity index (χ1n) is 5.94. The van der Waals surface area contributed by atoms with Crippen molar-refractivity contribution in [2.45, 2.75) is 53.6 Å². The maximum atomic E-state index is 4.60. The van der Waals surface area contributed by atoms with Crippen molar-refractivity contribution in [3.63, 3.8) is 0 Å². The monoisotopic (exact) mass is 209 g/mol. The summed E-state index contributed by atoms with van der Waals surface area (Å²) < 4.78 is 2.33. The summed E-state index contributed by atoms with van der Waals surface area (Å²) in [6.45, 7) is 11.7. The fourth-order valence-corrected chi connectivity index (χ4v) is 1.76. The Bertz CT molecular complexity index is 302. The highest BCUT2D eigenvalue weighted by Crippen LogP contribution is 2.10. The van der Waals surface area contributed by atoms with Crippen molar-refractivity contribution in [2.24, 2.45) is 0 Å². The summed E-state index contributed by atoms with van der Waals surface area (Å²) in [5, 5.41) is 3.41. The normalized spacial score (nSPS) is 10.9. The molecule has 1 N–H and O–H groups in total. The van der Waals surface area contributed by atoms with Crippen LogP contribution in [0, 0.1) is 13.8 Å². The number of nitrogens with one attached hydrogen (secondary N) is 1. The minimum atomic E-state index is 0.891. The van der Waals surface area contributed by atoms with Gasteiger partial charge in [0.15, 0.2) is 0 Å². The SMILES string of the molecule is CCCNCc1nc(C)c(C)n1CCC. The Labute approximate surface area is 92.9 Å². The van der Waals surface area contributed by atoms with Crippen molar-refractivity contribution in [1.82, 2.24) is 14.9 Å². The zero-order valence-corrected chi connectivity index (χ0v) is 10.4. The van der Waals surface area contributed by atoms with E-state index in [1.54, 1.807) is 0 Å². The second kappa shape index (κ2) is 5.91. The van der Waals surface area contributed by atoms with Crippen LogP contribution in [-0.4, -0.2) is 16.1 Å². The third kappa shape index (κ3) is 3.06. The highest BCUT2D eigenvalue weighted by molar-refractivity contribution is 5.14. The van der Waals surface area contributed by atoms with E-state index in [2.05, 4.69) is 42.6 Å². The van der Waals surface area contributed by atoms with Gasteiger partial charge in [0.05, 0.1) is 12.2 Å². The molecular formula is C12H23N3. The van der Waals surface area contributed by atoms with Gasteiger partial charge in [0.2, 0.25) is 0 Å². The molecule has 1 aromatic heterocycles. The number of hydrogen-bond acceptors (Lipinski definition) is 2. The van der Waals surface area contributed by atoms with Crippen LogP contribution >= 0.6 is 0 Å². The lowest BCUT2D eigenvalue weighted by molar-refractivity contribution is 0.578. The predicted octanol–water partition coefficient (Wildman–Crippen LogP) is 2.41. The molecule has 0 aliphatic rings. The molecule has 86 valence electrons. The Morgan fingerprint density at radius 2 is 1.93 bits per heavy atom. The molecule has 1 heterocycles. The van der Waals surface area contributed by atoms with Crippen molar-refractivity contribution in [2.75, 3.05) is 6.54 Å².